The number of benzene rings is 2. The molecular weight excluding hydrogens is 375 g/mol. The van der Waals surface area contributed by atoms with Crippen molar-refractivity contribution < 1.29 is 18.2 Å². The molecule has 2 N–H and O–H groups in total. The van der Waals surface area contributed by atoms with E-state index in [1.165, 1.54) is 12.3 Å². The SMILES string of the molecule is FC(F)(F)c1ccc(C(=C2C=[NH+]c3ccccc32)c2c[nH]c3ccccc23)cn1. The van der Waals surface area contributed by atoms with E-state index in [1.54, 1.807) is 0 Å². The van der Waals surface area contributed by atoms with Gasteiger partial charge in [0, 0.05) is 46.1 Å². The smallest absolute Gasteiger partial charge is 0.361 e. The lowest BCUT2D eigenvalue weighted by atomic mass is 9.91. The first-order valence-electron chi connectivity index (χ1n) is 9.06. The van der Waals surface area contributed by atoms with Crippen LogP contribution in [0.1, 0.15) is 22.4 Å². The molecule has 0 radical (unpaired) electrons. The maximum absolute atomic E-state index is 13.0. The van der Waals surface area contributed by atoms with Crippen molar-refractivity contribution in [2.45, 2.75) is 6.18 Å². The molecule has 0 unspecified atom stereocenters. The van der Waals surface area contributed by atoms with Gasteiger partial charge in [-0.15, -0.1) is 0 Å². The number of para-hydroxylation sites is 2. The highest BCUT2D eigenvalue weighted by Gasteiger charge is 2.32. The van der Waals surface area contributed by atoms with Crippen molar-refractivity contribution in [1.29, 1.82) is 0 Å². The van der Waals surface area contributed by atoms with Crippen molar-refractivity contribution in [3.8, 4) is 0 Å². The average Bonchev–Trinajstić information content (AvgIpc) is 3.34. The van der Waals surface area contributed by atoms with Gasteiger partial charge in [-0.25, -0.2) is 4.99 Å². The number of hydrogen-bond acceptors (Lipinski definition) is 1. The van der Waals surface area contributed by atoms with Crippen LogP contribution in [0.15, 0.2) is 73.1 Å². The maximum Gasteiger partial charge on any atom is 0.433 e. The van der Waals surface area contributed by atoms with Crippen molar-refractivity contribution in [3.05, 3.63) is 95.4 Å². The lowest BCUT2D eigenvalue weighted by Gasteiger charge is -2.11. The molecule has 0 amide bonds. The molecule has 0 fully saturated rings. The fourth-order valence-corrected chi connectivity index (χ4v) is 3.72. The van der Waals surface area contributed by atoms with Crippen LogP contribution in [0.4, 0.5) is 18.9 Å². The molecule has 2 aromatic heterocycles. The average molecular weight is 390 g/mol. The minimum atomic E-state index is -4.47. The van der Waals surface area contributed by atoms with E-state index in [0.29, 0.717) is 5.56 Å². The van der Waals surface area contributed by atoms with E-state index in [-0.39, 0.29) is 0 Å². The second-order valence-electron chi connectivity index (χ2n) is 6.80. The Morgan fingerprint density at radius 1 is 0.931 bits per heavy atom. The van der Waals surface area contributed by atoms with Crippen molar-refractivity contribution in [2.24, 2.45) is 0 Å². The highest BCUT2D eigenvalue weighted by molar-refractivity contribution is 6.24. The van der Waals surface area contributed by atoms with Crippen LogP contribution < -0.4 is 4.99 Å². The summed E-state index contributed by atoms with van der Waals surface area (Å²) in [6, 6.07) is 18.2. The summed E-state index contributed by atoms with van der Waals surface area (Å²) >= 11 is 0. The molecule has 1 aliphatic heterocycles. The number of aromatic amines is 1. The predicted molar refractivity (Wildman–Crippen MR) is 107 cm³/mol. The van der Waals surface area contributed by atoms with Gasteiger partial charge in [-0.3, -0.25) is 4.98 Å². The molecule has 3 heterocycles. The van der Waals surface area contributed by atoms with Gasteiger partial charge in [0.05, 0.1) is 11.1 Å². The second kappa shape index (κ2) is 6.44. The number of allylic oxidation sites excluding steroid dienone is 1. The zero-order chi connectivity index (χ0) is 20.0. The van der Waals surface area contributed by atoms with Crippen LogP contribution in [0.5, 0.6) is 0 Å². The molecule has 142 valence electrons. The van der Waals surface area contributed by atoms with E-state index in [2.05, 4.69) is 15.0 Å². The molecule has 0 atom stereocenters. The summed E-state index contributed by atoms with van der Waals surface area (Å²) in [6.45, 7) is 0. The van der Waals surface area contributed by atoms with Crippen molar-refractivity contribution >= 4 is 34.0 Å². The molecular formula is C23H15F3N3+. The number of fused-ring (bicyclic) bond motifs is 2. The maximum atomic E-state index is 13.0. The van der Waals surface area contributed by atoms with Crippen LogP contribution >= 0.6 is 0 Å². The lowest BCUT2D eigenvalue weighted by Crippen LogP contribution is -2.58. The van der Waals surface area contributed by atoms with Gasteiger partial charge in [0.25, 0.3) is 0 Å². The Bertz CT molecular complexity index is 1280. The Morgan fingerprint density at radius 2 is 1.72 bits per heavy atom. The normalized spacial score (nSPS) is 15.0. The summed E-state index contributed by atoms with van der Waals surface area (Å²) in [4.78, 5) is 10.2. The van der Waals surface area contributed by atoms with Crippen molar-refractivity contribution in [1.82, 2.24) is 9.97 Å². The van der Waals surface area contributed by atoms with Gasteiger partial charge in [0.1, 0.15) is 5.69 Å². The van der Waals surface area contributed by atoms with Gasteiger partial charge in [-0.05, 0) is 18.2 Å². The minimum Gasteiger partial charge on any atom is -0.361 e. The van der Waals surface area contributed by atoms with Crippen LogP contribution in [0.25, 0.3) is 22.0 Å². The Hall–Kier alpha value is -3.67. The van der Waals surface area contributed by atoms with Crippen LogP contribution in [-0.4, -0.2) is 16.2 Å². The number of rotatable bonds is 2. The Labute approximate surface area is 164 Å². The molecule has 0 bridgehead atoms. The molecule has 0 saturated carbocycles. The van der Waals surface area contributed by atoms with Crippen molar-refractivity contribution in [3.63, 3.8) is 0 Å². The summed E-state index contributed by atoms with van der Waals surface area (Å²) in [7, 11) is 0. The number of nitrogens with one attached hydrogen (secondary N) is 2. The van der Waals surface area contributed by atoms with Gasteiger partial charge in [-0.1, -0.05) is 36.4 Å². The molecule has 4 aromatic rings. The summed E-state index contributed by atoms with van der Waals surface area (Å²) in [5, 5.41) is 0.993. The Morgan fingerprint density at radius 3 is 2.52 bits per heavy atom. The first kappa shape index (κ1) is 17.4. The molecule has 29 heavy (non-hydrogen) atoms. The topological polar surface area (TPSA) is 42.6 Å². The van der Waals surface area contributed by atoms with E-state index in [9.17, 15) is 13.2 Å². The highest BCUT2D eigenvalue weighted by Crippen LogP contribution is 2.38. The Kier molecular flexibility index (Phi) is 3.87. The number of aromatic nitrogens is 2. The highest BCUT2D eigenvalue weighted by atomic mass is 19.4. The molecule has 0 aliphatic carbocycles. The molecule has 6 heteroatoms. The molecule has 1 aliphatic rings. The Balaban J connectivity index is 1.78. The van der Waals surface area contributed by atoms with Crippen LogP contribution in [0.3, 0.4) is 0 Å². The molecule has 5 rings (SSSR count). The van der Waals surface area contributed by atoms with Gasteiger partial charge >= 0.3 is 6.18 Å². The van der Waals surface area contributed by atoms with Crippen LogP contribution in [-0.2, 0) is 6.18 Å². The predicted octanol–water partition coefficient (Wildman–Crippen LogP) is 4.34. The van der Waals surface area contributed by atoms with Gasteiger partial charge in [0.15, 0.2) is 6.21 Å². The van der Waals surface area contributed by atoms with Gasteiger partial charge in [0.2, 0.25) is 5.69 Å². The minimum absolute atomic E-state index is 0.618. The molecule has 0 saturated heterocycles. The van der Waals surface area contributed by atoms with E-state index in [0.717, 1.165) is 44.9 Å². The number of H-pyrrole nitrogens is 1. The van der Waals surface area contributed by atoms with E-state index < -0.39 is 11.9 Å². The zero-order valence-corrected chi connectivity index (χ0v) is 15.1. The first-order chi connectivity index (χ1) is 14.0. The molecule has 0 spiro atoms. The number of hydrogen-bond donors (Lipinski definition) is 2. The monoisotopic (exact) mass is 390 g/mol. The quantitative estimate of drug-likeness (QED) is 0.526. The first-order valence-corrected chi connectivity index (χ1v) is 9.06. The number of pyridine rings is 1. The van der Waals surface area contributed by atoms with Crippen molar-refractivity contribution in [2.75, 3.05) is 0 Å². The van der Waals surface area contributed by atoms with E-state index >= 15 is 0 Å². The summed E-state index contributed by atoms with van der Waals surface area (Å²) in [5.41, 5.74) is 5.26. The second-order valence-corrected chi connectivity index (χ2v) is 6.80. The number of halogens is 3. The lowest BCUT2D eigenvalue weighted by molar-refractivity contribution is -0.342. The van der Waals surface area contributed by atoms with Gasteiger partial charge < -0.3 is 4.98 Å². The largest absolute Gasteiger partial charge is 0.433 e. The number of alkyl halides is 3. The summed E-state index contributed by atoms with van der Waals surface area (Å²) < 4.78 is 39.0. The summed E-state index contributed by atoms with van der Waals surface area (Å²) in [5.74, 6) is 0. The van der Waals surface area contributed by atoms with E-state index in [4.69, 9.17) is 0 Å². The third-order valence-electron chi connectivity index (χ3n) is 5.06. The third-order valence-corrected chi connectivity index (χ3v) is 5.06. The van der Waals surface area contributed by atoms with E-state index in [1.807, 2.05) is 60.9 Å². The number of nitrogens with zero attached hydrogens (tertiary/aromatic N) is 1. The third kappa shape index (κ3) is 2.93. The molecule has 3 nitrogen and oxygen atoms in total. The standard InChI is InChI=1S/C23H14F3N3/c24-23(25,26)21-10-9-14(11-29-21)22(17-12-27-19-7-3-1-5-15(17)19)18-13-28-20-8-4-2-6-16(18)20/h1-13,27H/p+1. The van der Waals surface area contributed by atoms with Gasteiger partial charge in [-0.2, -0.15) is 13.2 Å². The zero-order valence-electron chi connectivity index (χ0n) is 15.1. The van der Waals surface area contributed by atoms with Crippen LogP contribution in [0, 0.1) is 0 Å². The fourth-order valence-electron chi connectivity index (χ4n) is 3.72. The van der Waals surface area contributed by atoms with Crippen LogP contribution in [0.2, 0.25) is 0 Å². The molecule has 2 aromatic carbocycles. The summed E-state index contributed by atoms with van der Waals surface area (Å²) in [6.07, 6.45) is 0.598. The fraction of sp³-hybridized carbons (Fsp3) is 0.0435.